The van der Waals surface area contributed by atoms with E-state index in [1.807, 2.05) is 40.7 Å². The Kier molecular flexibility index (Phi) is 4.45. The van der Waals surface area contributed by atoms with Crippen LogP contribution in [0.3, 0.4) is 0 Å². The Labute approximate surface area is 134 Å². The third-order valence-corrected chi connectivity index (χ3v) is 4.20. The van der Waals surface area contributed by atoms with Crippen LogP contribution in [0, 0.1) is 0 Å². The van der Waals surface area contributed by atoms with Crippen LogP contribution >= 0.6 is 11.6 Å². The molecule has 1 aromatic heterocycles. The lowest BCUT2D eigenvalue weighted by atomic mass is 10.1. The van der Waals surface area contributed by atoms with Crippen molar-refractivity contribution in [2.45, 2.75) is 19.1 Å². The van der Waals surface area contributed by atoms with Gasteiger partial charge in [0, 0.05) is 24.0 Å². The highest BCUT2D eigenvalue weighted by Crippen LogP contribution is 2.25. The van der Waals surface area contributed by atoms with E-state index in [-0.39, 0.29) is 18.1 Å². The second-order valence-electron chi connectivity index (χ2n) is 5.38. The molecule has 1 saturated heterocycles. The number of imidazole rings is 1. The summed E-state index contributed by atoms with van der Waals surface area (Å²) in [5.74, 6) is 0.0836. The van der Waals surface area contributed by atoms with E-state index < -0.39 is 0 Å². The van der Waals surface area contributed by atoms with Crippen molar-refractivity contribution in [3.63, 3.8) is 0 Å². The van der Waals surface area contributed by atoms with Gasteiger partial charge >= 0.3 is 0 Å². The summed E-state index contributed by atoms with van der Waals surface area (Å²) in [6.45, 7) is 3.59. The molecule has 0 spiro atoms. The van der Waals surface area contributed by atoms with Gasteiger partial charge < -0.3 is 14.2 Å². The van der Waals surface area contributed by atoms with E-state index in [1.54, 1.807) is 18.7 Å². The summed E-state index contributed by atoms with van der Waals surface area (Å²) in [5, 5.41) is 0.696. The van der Waals surface area contributed by atoms with Crippen molar-refractivity contribution in [3.8, 4) is 0 Å². The Bertz CT molecular complexity index is 627. The van der Waals surface area contributed by atoms with Crippen molar-refractivity contribution in [1.29, 1.82) is 0 Å². The fraction of sp³-hybridized carbons (Fsp3) is 0.375. The van der Waals surface area contributed by atoms with Crippen molar-refractivity contribution in [1.82, 2.24) is 14.5 Å². The van der Waals surface area contributed by atoms with E-state index in [4.69, 9.17) is 16.3 Å². The fourth-order valence-electron chi connectivity index (χ4n) is 2.62. The number of halogens is 1. The summed E-state index contributed by atoms with van der Waals surface area (Å²) in [5.41, 5.74) is 1.04. The van der Waals surface area contributed by atoms with Crippen molar-refractivity contribution < 1.29 is 9.53 Å². The van der Waals surface area contributed by atoms with Crippen LogP contribution in [0.4, 0.5) is 0 Å². The Morgan fingerprint density at radius 3 is 2.86 bits per heavy atom. The summed E-state index contributed by atoms with van der Waals surface area (Å²) < 4.78 is 7.61. The van der Waals surface area contributed by atoms with Gasteiger partial charge in [-0.05, 0) is 24.6 Å². The molecule has 0 radical (unpaired) electrons. The van der Waals surface area contributed by atoms with Crippen LogP contribution in [0.25, 0.3) is 0 Å². The maximum absolute atomic E-state index is 12.6. The van der Waals surface area contributed by atoms with Crippen molar-refractivity contribution >= 4 is 17.5 Å². The second-order valence-corrected chi connectivity index (χ2v) is 5.82. The van der Waals surface area contributed by atoms with E-state index in [9.17, 15) is 4.79 Å². The predicted octanol–water partition coefficient (Wildman–Crippen LogP) is 2.70. The average Bonchev–Trinajstić information content (AvgIpc) is 3.09. The molecule has 1 fully saturated rings. The number of nitrogens with zero attached hydrogens (tertiary/aromatic N) is 3. The van der Waals surface area contributed by atoms with Crippen LogP contribution < -0.4 is 0 Å². The standard InChI is InChI=1S/C16H18ClN3O2/c1-12(20-7-6-18-11-20)16(21)19-8-9-22-15(10-19)13-2-4-14(17)5-3-13/h2-7,11-12,15H,8-10H2,1H3/t12-,15+/m0/s1. The number of carbonyl (C=O) groups excluding carboxylic acids is 1. The van der Waals surface area contributed by atoms with Gasteiger partial charge in [-0.3, -0.25) is 4.79 Å². The van der Waals surface area contributed by atoms with Crippen molar-refractivity contribution in [2.24, 2.45) is 0 Å². The maximum Gasteiger partial charge on any atom is 0.245 e. The van der Waals surface area contributed by atoms with Crippen molar-refractivity contribution in [3.05, 3.63) is 53.6 Å². The predicted molar refractivity (Wildman–Crippen MR) is 83.7 cm³/mol. The Morgan fingerprint density at radius 1 is 1.41 bits per heavy atom. The molecule has 116 valence electrons. The Hall–Kier alpha value is -1.85. The molecular weight excluding hydrogens is 302 g/mol. The first kappa shape index (κ1) is 15.1. The monoisotopic (exact) mass is 319 g/mol. The summed E-state index contributed by atoms with van der Waals surface area (Å²) in [6.07, 6.45) is 5.05. The molecule has 0 unspecified atom stereocenters. The first-order valence-corrected chi connectivity index (χ1v) is 7.66. The molecule has 1 amide bonds. The second kappa shape index (κ2) is 6.50. The number of rotatable bonds is 3. The van der Waals surface area contributed by atoms with Crippen LogP contribution in [0.1, 0.15) is 24.6 Å². The first-order valence-electron chi connectivity index (χ1n) is 7.28. The van der Waals surface area contributed by atoms with Gasteiger partial charge in [0.05, 0.1) is 19.5 Å². The van der Waals surface area contributed by atoms with E-state index in [0.29, 0.717) is 24.7 Å². The highest BCUT2D eigenvalue weighted by molar-refractivity contribution is 6.30. The zero-order chi connectivity index (χ0) is 15.5. The normalized spacial score (nSPS) is 19.9. The molecule has 1 aliphatic heterocycles. The lowest BCUT2D eigenvalue weighted by molar-refractivity contribution is -0.142. The van der Waals surface area contributed by atoms with E-state index in [0.717, 1.165) is 5.56 Å². The fourth-order valence-corrected chi connectivity index (χ4v) is 2.74. The van der Waals surface area contributed by atoms with Crippen LogP contribution in [-0.4, -0.2) is 40.1 Å². The van der Waals surface area contributed by atoms with Crippen molar-refractivity contribution in [2.75, 3.05) is 19.7 Å². The minimum Gasteiger partial charge on any atom is -0.370 e. The summed E-state index contributed by atoms with van der Waals surface area (Å²) in [6, 6.07) is 7.32. The summed E-state index contributed by atoms with van der Waals surface area (Å²) in [4.78, 5) is 18.5. The summed E-state index contributed by atoms with van der Waals surface area (Å²) in [7, 11) is 0. The minimum atomic E-state index is -0.258. The number of aromatic nitrogens is 2. The highest BCUT2D eigenvalue weighted by atomic mass is 35.5. The Balaban J connectivity index is 1.70. The lowest BCUT2D eigenvalue weighted by Gasteiger charge is -2.34. The Morgan fingerprint density at radius 2 is 2.18 bits per heavy atom. The van der Waals surface area contributed by atoms with E-state index >= 15 is 0 Å². The quantitative estimate of drug-likeness (QED) is 0.874. The van der Waals surface area contributed by atoms with Crippen LogP contribution in [-0.2, 0) is 9.53 Å². The number of hydrogen-bond acceptors (Lipinski definition) is 3. The smallest absolute Gasteiger partial charge is 0.245 e. The molecule has 2 atom stereocenters. The SMILES string of the molecule is C[C@@H](C(=O)N1CCO[C@@H](c2ccc(Cl)cc2)C1)n1ccnc1. The molecule has 0 saturated carbocycles. The maximum atomic E-state index is 12.6. The van der Waals surface area contributed by atoms with Gasteiger partial charge in [0.15, 0.2) is 0 Å². The molecule has 1 aromatic carbocycles. The van der Waals surface area contributed by atoms with Gasteiger partial charge in [0.25, 0.3) is 0 Å². The van der Waals surface area contributed by atoms with Crippen LogP contribution in [0.15, 0.2) is 43.0 Å². The zero-order valence-electron chi connectivity index (χ0n) is 12.4. The number of morpholine rings is 1. The van der Waals surface area contributed by atoms with Gasteiger partial charge in [0.1, 0.15) is 12.1 Å². The number of ether oxygens (including phenoxy) is 1. The molecule has 0 N–H and O–H groups in total. The third kappa shape index (κ3) is 3.15. The largest absolute Gasteiger partial charge is 0.370 e. The lowest BCUT2D eigenvalue weighted by Crippen LogP contribution is -2.44. The van der Waals surface area contributed by atoms with Gasteiger partial charge in [-0.1, -0.05) is 23.7 Å². The van der Waals surface area contributed by atoms with Crippen LogP contribution in [0.5, 0.6) is 0 Å². The number of amides is 1. The number of benzene rings is 1. The molecule has 5 nitrogen and oxygen atoms in total. The average molecular weight is 320 g/mol. The van der Waals surface area contributed by atoms with Gasteiger partial charge in [0.2, 0.25) is 5.91 Å². The molecular formula is C16H18ClN3O2. The van der Waals surface area contributed by atoms with Gasteiger partial charge in [-0.2, -0.15) is 0 Å². The molecule has 3 rings (SSSR count). The topological polar surface area (TPSA) is 47.4 Å². The molecule has 1 aliphatic rings. The first-order chi connectivity index (χ1) is 10.6. The summed E-state index contributed by atoms with van der Waals surface area (Å²) >= 11 is 5.91. The molecule has 0 aliphatic carbocycles. The minimum absolute atomic E-state index is 0.0836. The zero-order valence-corrected chi connectivity index (χ0v) is 13.1. The van der Waals surface area contributed by atoms with E-state index in [1.165, 1.54) is 0 Å². The molecule has 22 heavy (non-hydrogen) atoms. The van der Waals surface area contributed by atoms with Crippen LogP contribution in [0.2, 0.25) is 5.02 Å². The molecule has 6 heteroatoms. The number of carbonyl (C=O) groups is 1. The molecule has 2 aromatic rings. The van der Waals surface area contributed by atoms with Gasteiger partial charge in [-0.25, -0.2) is 4.98 Å². The highest BCUT2D eigenvalue weighted by Gasteiger charge is 2.28. The number of hydrogen-bond donors (Lipinski definition) is 0. The molecule has 2 heterocycles. The molecule has 0 bridgehead atoms. The van der Waals surface area contributed by atoms with E-state index in [2.05, 4.69) is 4.98 Å². The third-order valence-electron chi connectivity index (χ3n) is 3.95. The van der Waals surface area contributed by atoms with Gasteiger partial charge in [-0.15, -0.1) is 0 Å².